The molecule has 1 N–H and O–H groups in total. The highest BCUT2D eigenvalue weighted by Crippen LogP contribution is 2.12. The first-order chi connectivity index (χ1) is 13.1. The van der Waals surface area contributed by atoms with Crippen molar-refractivity contribution >= 4 is 5.91 Å². The van der Waals surface area contributed by atoms with Crippen molar-refractivity contribution in [2.24, 2.45) is 0 Å². The number of ether oxygens (including phenoxy) is 1. The summed E-state index contributed by atoms with van der Waals surface area (Å²) in [4.78, 5) is 16.7. The Bertz CT molecular complexity index is 743. The third kappa shape index (κ3) is 6.34. The summed E-state index contributed by atoms with van der Waals surface area (Å²) >= 11 is 0. The van der Waals surface area contributed by atoms with Gasteiger partial charge in [-0.1, -0.05) is 30.3 Å². The van der Waals surface area contributed by atoms with E-state index in [1.54, 1.807) is 12.1 Å². The highest BCUT2D eigenvalue weighted by molar-refractivity contribution is 5.77. The van der Waals surface area contributed by atoms with Crippen LogP contribution in [0.1, 0.15) is 11.1 Å². The SMILES string of the molecule is CN1CCN(Cc2ccc(CNC(=O)COc3cccc(F)c3)cc2)CC1. The zero-order valence-electron chi connectivity index (χ0n) is 15.7. The van der Waals surface area contributed by atoms with Gasteiger partial charge in [-0.2, -0.15) is 0 Å². The molecule has 144 valence electrons. The second-order valence-electron chi connectivity index (χ2n) is 6.92. The van der Waals surface area contributed by atoms with Gasteiger partial charge in [-0.25, -0.2) is 4.39 Å². The molecule has 5 nitrogen and oxygen atoms in total. The smallest absolute Gasteiger partial charge is 0.258 e. The molecule has 6 heteroatoms. The summed E-state index contributed by atoms with van der Waals surface area (Å²) in [6, 6.07) is 14.1. The third-order valence-corrected chi connectivity index (χ3v) is 4.68. The molecular weight excluding hydrogens is 345 g/mol. The van der Waals surface area contributed by atoms with E-state index in [4.69, 9.17) is 4.74 Å². The fraction of sp³-hybridized carbons (Fsp3) is 0.381. The predicted molar refractivity (Wildman–Crippen MR) is 103 cm³/mol. The fourth-order valence-corrected chi connectivity index (χ4v) is 2.98. The van der Waals surface area contributed by atoms with Crippen LogP contribution in [0.2, 0.25) is 0 Å². The van der Waals surface area contributed by atoms with E-state index in [0.29, 0.717) is 12.3 Å². The summed E-state index contributed by atoms with van der Waals surface area (Å²) in [5.74, 6) is -0.274. The van der Waals surface area contributed by atoms with Gasteiger partial charge in [-0.15, -0.1) is 0 Å². The minimum absolute atomic E-state index is 0.134. The molecule has 0 aromatic heterocycles. The van der Waals surface area contributed by atoms with E-state index in [-0.39, 0.29) is 18.3 Å². The second kappa shape index (κ2) is 9.48. The monoisotopic (exact) mass is 371 g/mol. The van der Waals surface area contributed by atoms with Crippen LogP contribution >= 0.6 is 0 Å². The summed E-state index contributed by atoms with van der Waals surface area (Å²) in [7, 11) is 2.16. The van der Waals surface area contributed by atoms with Gasteiger partial charge in [0, 0.05) is 45.3 Å². The molecular formula is C21H26FN3O2. The first-order valence-corrected chi connectivity index (χ1v) is 9.22. The van der Waals surface area contributed by atoms with Crippen LogP contribution in [-0.2, 0) is 17.9 Å². The maximum absolute atomic E-state index is 13.1. The Hall–Kier alpha value is -2.44. The molecule has 2 aromatic carbocycles. The van der Waals surface area contributed by atoms with Gasteiger partial charge in [-0.05, 0) is 30.3 Å². The van der Waals surface area contributed by atoms with Crippen LogP contribution in [0.4, 0.5) is 4.39 Å². The summed E-state index contributed by atoms with van der Waals surface area (Å²) < 4.78 is 18.4. The number of rotatable bonds is 7. The lowest BCUT2D eigenvalue weighted by Crippen LogP contribution is -2.43. The summed E-state index contributed by atoms with van der Waals surface area (Å²) in [5, 5.41) is 2.82. The molecule has 1 heterocycles. The number of halogens is 1. The van der Waals surface area contributed by atoms with Gasteiger partial charge >= 0.3 is 0 Å². The Morgan fingerprint density at radius 1 is 1.07 bits per heavy atom. The lowest BCUT2D eigenvalue weighted by Gasteiger charge is -2.32. The molecule has 27 heavy (non-hydrogen) atoms. The minimum Gasteiger partial charge on any atom is -0.484 e. The lowest BCUT2D eigenvalue weighted by molar-refractivity contribution is -0.123. The van der Waals surface area contributed by atoms with E-state index in [1.807, 2.05) is 12.1 Å². The Morgan fingerprint density at radius 3 is 2.48 bits per heavy atom. The molecule has 1 fully saturated rings. The van der Waals surface area contributed by atoms with Gasteiger partial charge in [0.2, 0.25) is 0 Å². The Morgan fingerprint density at radius 2 is 1.78 bits per heavy atom. The zero-order valence-corrected chi connectivity index (χ0v) is 15.7. The van der Waals surface area contributed by atoms with Crippen molar-refractivity contribution < 1.29 is 13.9 Å². The van der Waals surface area contributed by atoms with Crippen LogP contribution in [0, 0.1) is 5.82 Å². The van der Waals surface area contributed by atoms with E-state index >= 15 is 0 Å². The molecule has 1 amide bonds. The first-order valence-electron chi connectivity index (χ1n) is 9.22. The first kappa shape index (κ1) is 19.3. The Balaban J connectivity index is 1.39. The summed E-state index contributed by atoms with van der Waals surface area (Å²) in [5.41, 5.74) is 2.32. The van der Waals surface area contributed by atoms with Crippen LogP contribution in [0.15, 0.2) is 48.5 Å². The fourth-order valence-electron chi connectivity index (χ4n) is 2.98. The van der Waals surface area contributed by atoms with Gasteiger partial charge in [0.15, 0.2) is 6.61 Å². The number of amides is 1. The number of nitrogens with one attached hydrogen (secondary N) is 1. The standard InChI is InChI=1S/C21H26FN3O2/c1-24-9-11-25(12-10-24)15-18-7-5-17(6-8-18)14-23-21(26)16-27-20-4-2-3-19(22)13-20/h2-8,13H,9-12,14-16H2,1H3,(H,23,26). The average Bonchev–Trinajstić information content (AvgIpc) is 2.68. The molecule has 1 aliphatic heterocycles. The van der Waals surface area contributed by atoms with Crippen LogP contribution in [0.3, 0.4) is 0 Å². The maximum Gasteiger partial charge on any atom is 0.258 e. The van der Waals surface area contributed by atoms with Gasteiger partial charge in [0.25, 0.3) is 5.91 Å². The predicted octanol–water partition coefficient (Wildman–Crippen LogP) is 2.27. The average molecular weight is 371 g/mol. The van der Waals surface area contributed by atoms with Crippen molar-refractivity contribution in [1.29, 1.82) is 0 Å². The highest BCUT2D eigenvalue weighted by Gasteiger charge is 2.13. The van der Waals surface area contributed by atoms with Gasteiger partial charge in [-0.3, -0.25) is 9.69 Å². The second-order valence-corrected chi connectivity index (χ2v) is 6.92. The number of carbonyl (C=O) groups is 1. The van der Waals surface area contributed by atoms with Crippen molar-refractivity contribution in [3.63, 3.8) is 0 Å². The molecule has 0 bridgehead atoms. The van der Waals surface area contributed by atoms with Crippen LogP contribution in [0.5, 0.6) is 5.75 Å². The molecule has 1 saturated heterocycles. The largest absolute Gasteiger partial charge is 0.484 e. The van der Waals surface area contributed by atoms with Crippen molar-refractivity contribution in [2.75, 3.05) is 39.8 Å². The molecule has 3 rings (SSSR count). The number of benzene rings is 2. The molecule has 0 atom stereocenters. The van der Waals surface area contributed by atoms with Crippen molar-refractivity contribution in [2.45, 2.75) is 13.1 Å². The number of likely N-dealkylation sites (N-methyl/N-ethyl adjacent to an activating group) is 1. The summed E-state index contributed by atoms with van der Waals surface area (Å²) in [6.45, 7) is 5.69. The summed E-state index contributed by atoms with van der Waals surface area (Å²) in [6.07, 6.45) is 0. The number of hydrogen-bond acceptors (Lipinski definition) is 4. The number of piperazine rings is 1. The van der Waals surface area contributed by atoms with Gasteiger partial charge in [0.1, 0.15) is 11.6 Å². The lowest BCUT2D eigenvalue weighted by atomic mass is 10.1. The van der Waals surface area contributed by atoms with E-state index in [1.165, 1.54) is 17.7 Å². The highest BCUT2D eigenvalue weighted by atomic mass is 19.1. The van der Waals surface area contributed by atoms with E-state index in [0.717, 1.165) is 38.3 Å². The Labute approximate surface area is 159 Å². The topological polar surface area (TPSA) is 44.8 Å². The van der Waals surface area contributed by atoms with E-state index in [9.17, 15) is 9.18 Å². The minimum atomic E-state index is -0.385. The normalized spacial score (nSPS) is 15.5. The Kier molecular flexibility index (Phi) is 6.79. The molecule has 0 unspecified atom stereocenters. The number of hydrogen-bond donors (Lipinski definition) is 1. The third-order valence-electron chi connectivity index (χ3n) is 4.68. The zero-order chi connectivity index (χ0) is 19.1. The molecule has 0 saturated carbocycles. The van der Waals surface area contributed by atoms with Gasteiger partial charge in [0.05, 0.1) is 0 Å². The van der Waals surface area contributed by atoms with Crippen molar-refractivity contribution in [3.8, 4) is 5.75 Å². The van der Waals surface area contributed by atoms with Crippen LogP contribution in [-0.4, -0.2) is 55.5 Å². The molecule has 0 radical (unpaired) electrons. The van der Waals surface area contributed by atoms with Crippen LogP contribution < -0.4 is 10.1 Å². The van der Waals surface area contributed by atoms with Crippen LogP contribution in [0.25, 0.3) is 0 Å². The number of nitrogens with zero attached hydrogens (tertiary/aromatic N) is 2. The quantitative estimate of drug-likeness (QED) is 0.811. The van der Waals surface area contributed by atoms with E-state index < -0.39 is 0 Å². The van der Waals surface area contributed by atoms with Crippen molar-refractivity contribution in [3.05, 3.63) is 65.5 Å². The van der Waals surface area contributed by atoms with E-state index in [2.05, 4.69) is 34.3 Å². The maximum atomic E-state index is 13.1. The van der Waals surface area contributed by atoms with Gasteiger partial charge < -0.3 is 15.0 Å². The molecule has 0 aliphatic carbocycles. The molecule has 0 spiro atoms. The molecule has 2 aromatic rings. The molecule has 1 aliphatic rings. The number of carbonyl (C=O) groups excluding carboxylic acids is 1. The van der Waals surface area contributed by atoms with Crippen molar-refractivity contribution in [1.82, 2.24) is 15.1 Å².